The molecule has 0 bridgehead atoms. The molecule has 0 aliphatic heterocycles. The van der Waals surface area contributed by atoms with Crippen LogP contribution in [-0.2, 0) is 6.54 Å². The predicted octanol–water partition coefficient (Wildman–Crippen LogP) is 2.29. The Labute approximate surface area is 96.5 Å². The van der Waals surface area contributed by atoms with E-state index in [9.17, 15) is 0 Å². The summed E-state index contributed by atoms with van der Waals surface area (Å²) in [6, 6.07) is 12.1. The van der Waals surface area contributed by atoms with Crippen molar-refractivity contribution in [3.63, 3.8) is 0 Å². The Morgan fingerprint density at radius 1 is 1.25 bits per heavy atom. The highest BCUT2D eigenvalue weighted by Gasteiger charge is 2.08. The lowest BCUT2D eigenvalue weighted by Crippen LogP contribution is -2.28. The summed E-state index contributed by atoms with van der Waals surface area (Å²) in [6.45, 7) is 2.83. The molecule has 0 aliphatic carbocycles. The summed E-state index contributed by atoms with van der Waals surface area (Å²) >= 11 is 0. The third-order valence-corrected chi connectivity index (χ3v) is 2.65. The van der Waals surface area contributed by atoms with E-state index in [4.69, 9.17) is 10.5 Å². The van der Waals surface area contributed by atoms with Crippen LogP contribution >= 0.6 is 0 Å². The second kappa shape index (κ2) is 5.90. The summed E-state index contributed by atoms with van der Waals surface area (Å²) < 4.78 is 0. The Bertz CT molecular complexity index is 408. The first-order valence-electron chi connectivity index (χ1n) is 5.23. The average Bonchev–Trinajstić information content (AvgIpc) is 2.30. The summed E-state index contributed by atoms with van der Waals surface area (Å²) in [5.74, 6) is 0. The average molecular weight is 213 g/mol. The van der Waals surface area contributed by atoms with E-state index < -0.39 is 0 Å². The van der Waals surface area contributed by atoms with Gasteiger partial charge in [-0.25, -0.2) is 0 Å². The van der Waals surface area contributed by atoms with Gasteiger partial charge in [0.15, 0.2) is 0 Å². The zero-order chi connectivity index (χ0) is 12.0. The Balaban J connectivity index is 2.60. The van der Waals surface area contributed by atoms with Crippen LogP contribution in [0.25, 0.3) is 0 Å². The van der Waals surface area contributed by atoms with Gasteiger partial charge in [-0.3, -0.25) is 4.90 Å². The number of hydrogen-bond acceptors (Lipinski definition) is 3. The molecule has 0 spiro atoms. The summed E-state index contributed by atoms with van der Waals surface area (Å²) in [6.07, 6.45) is 0.535. The van der Waals surface area contributed by atoms with Crippen molar-refractivity contribution in [2.24, 2.45) is 0 Å². The first kappa shape index (κ1) is 12.2. The Hall–Kier alpha value is -1.84. The lowest BCUT2D eigenvalue weighted by Gasteiger charge is -2.22. The molecule has 3 nitrogen and oxygen atoms in total. The van der Waals surface area contributed by atoms with Crippen molar-refractivity contribution in [2.45, 2.75) is 25.9 Å². The van der Waals surface area contributed by atoms with Gasteiger partial charge in [0.05, 0.1) is 24.1 Å². The Morgan fingerprint density at radius 2 is 1.88 bits per heavy atom. The number of rotatable bonds is 4. The molecule has 0 amide bonds. The van der Waals surface area contributed by atoms with E-state index in [0.717, 1.165) is 12.1 Å². The number of nitriles is 2. The molecule has 1 atom stereocenters. The van der Waals surface area contributed by atoms with Gasteiger partial charge in [-0.05, 0) is 31.7 Å². The van der Waals surface area contributed by atoms with Crippen LogP contribution in [0.15, 0.2) is 24.3 Å². The molecule has 0 saturated carbocycles. The van der Waals surface area contributed by atoms with Crippen molar-refractivity contribution in [1.29, 1.82) is 10.5 Å². The fraction of sp³-hybridized carbons (Fsp3) is 0.385. The zero-order valence-electron chi connectivity index (χ0n) is 9.64. The minimum absolute atomic E-state index is 0.251. The molecule has 0 aromatic heterocycles. The normalized spacial score (nSPS) is 11.8. The molecule has 0 radical (unpaired) electrons. The highest BCUT2D eigenvalue weighted by molar-refractivity contribution is 5.31. The minimum Gasteiger partial charge on any atom is -0.298 e. The Kier molecular flexibility index (Phi) is 4.51. The van der Waals surface area contributed by atoms with Gasteiger partial charge in [-0.15, -0.1) is 0 Å². The molecule has 1 rings (SSSR count). The Morgan fingerprint density at radius 3 is 2.38 bits per heavy atom. The molecule has 0 N–H and O–H groups in total. The molecule has 0 heterocycles. The number of nitrogens with zero attached hydrogens (tertiary/aromatic N) is 3. The first-order chi connectivity index (χ1) is 7.67. The quantitative estimate of drug-likeness (QED) is 0.771. The summed E-state index contributed by atoms with van der Waals surface area (Å²) in [5.41, 5.74) is 1.84. The molecule has 82 valence electrons. The maximum absolute atomic E-state index is 8.67. The van der Waals surface area contributed by atoms with E-state index in [1.807, 2.05) is 38.2 Å². The van der Waals surface area contributed by atoms with E-state index in [2.05, 4.69) is 17.0 Å². The van der Waals surface area contributed by atoms with Gasteiger partial charge in [0.2, 0.25) is 0 Å². The van der Waals surface area contributed by atoms with Crippen molar-refractivity contribution in [1.82, 2.24) is 4.90 Å². The molecule has 0 fully saturated rings. The van der Waals surface area contributed by atoms with Gasteiger partial charge >= 0.3 is 0 Å². The lowest BCUT2D eigenvalue weighted by atomic mass is 10.1. The molecule has 1 aromatic rings. The van der Waals surface area contributed by atoms with Gasteiger partial charge in [0.1, 0.15) is 0 Å². The standard InChI is InChI=1S/C13H15N3/c1-11(7-8-14)16(2)10-13-5-3-12(9-15)4-6-13/h3-6,11H,7,10H2,1-2H3. The SMILES string of the molecule is CC(CC#N)N(C)Cc1ccc(C#N)cc1. The van der Waals surface area contributed by atoms with Crippen LogP contribution in [0, 0.1) is 22.7 Å². The van der Waals surface area contributed by atoms with Crippen molar-refractivity contribution in [2.75, 3.05) is 7.05 Å². The van der Waals surface area contributed by atoms with Crippen LogP contribution in [0.4, 0.5) is 0 Å². The van der Waals surface area contributed by atoms with Gasteiger partial charge in [-0.2, -0.15) is 10.5 Å². The lowest BCUT2D eigenvalue weighted by molar-refractivity contribution is 0.252. The van der Waals surface area contributed by atoms with Gasteiger partial charge in [0, 0.05) is 12.6 Å². The topological polar surface area (TPSA) is 50.8 Å². The number of benzene rings is 1. The molecule has 1 aromatic carbocycles. The van der Waals surface area contributed by atoms with Crippen LogP contribution in [-0.4, -0.2) is 18.0 Å². The maximum atomic E-state index is 8.67. The fourth-order valence-electron chi connectivity index (χ4n) is 1.42. The van der Waals surface area contributed by atoms with Crippen molar-refractivity contribution in [3.05, 3.63) is 35.4 Å². The molecular weight excluding hydrogens is 198 g/mol. The summed E-state index contributed by atoms with van der Waals surface area (Å²) in [4.78, 5) is 2.13. The summed E-state index contributed by atoms with van der Waals surface area (Å²) in [5, 5.41) is 17.3. The minimum atomic E-state index is 0.251. The molecular formula is C13H15N3. The second-order valence-electron chi connectivity index (χ2n) is 3.94. The van der Waals surface area contributed by atoms with Crippen molar-refractivity contribution < 1.29 is 0 Å². The van der Waals surface area contributed by atoms with Gasteiger partial charge in [-0.1, -0.05) is 12.1 Å². The second-order valence-corrected chi connectivity index (χ2v) is 3.94. The number of hydrogen-bond donors (Lipinski definition) is 0. The third-order valence-electron chi connectivity index (χ3n) is 2.65. The molecule has 16 heavy (non-hydrogen) atoms. The van der Waals surface area contributed by atoms with Crippen molar-refractivity contribution >= 4 is 0 Å². The van der Waals surface area contributed by atoms with Crippen LogP contribution in [0.1, 0.15) is 24.5 Å². The van der Waals surface area contributed by atoms with E-state index in [1.54, 1.807) is 0 Å². The van der Waals surface area contributed by atoms with Crippen LogP contribution < -0.4 is 0 Å². The molecule has 3 heteroatoms. The molecule has 1 unspecified atom stereocenters. The summed E-state index contributed by atoms with van der Waals surface area (Å²) in [7, 11) is 2.00. The highest BCUT2D eigenvalue weighted by atomic mass is 15.1. The van der Waals surface area contributed by atoms with Gasteiger partial charge < -0.3 is 0 Å². The van der Waals surface area contributed by atoms with E-state index in [1.165, 1.54) is 0 Å². The van der Waals surface area contributed by atoms with Gasteiger partial charge in [0.25, 0.3) is 0 Å². The molecule has 0 saturated heterocycles. The zero-order valence-corrected chi connectivity index (χ0v) is 9.64. The van der Waals surface area contributed by atoms with E-state index >= 15 is 0 Å². The highest BCUT2D eigenvalue weighted by Crippen LogP contribution is 2.09. The largest absolute Gasteiger partial charge is 0.298 e. The van der Waals surface area contributed by atoms with E-state index in [-0.39, 0.29) is 6.04 Å². The van der Waals surface area contributed by atoms with Crippen LogP contribution in [0.2, 0.25) is 0 Å². The van der Waals surface area contributed by atoms with Crippen LogP contribution in [0.3, 0.4) is 0 Å². The van der Waals surface area contributed by atoms with Crippen molar-refractivity contribution in [3.8, 4) is 12.1 Å². The third kappa shape index (κ3) is 3.38. The van der Waals surface area contributed by atoms with E-state index in [0.29, 0.717) is 12.0 Å². The monoisotopic (exact) mass is 213 g/mol. The van der Waals surface area contributed by atoms with Crippen LogP contribution in [0.5, 0.6) is 0 Å². The molecule has 0 aliphatic rings. The first-order valence-corrected chi connectivity index (χ1v) is 5.23. The predicted molar refractivity (Wildman–Crippen MR) is 62.3 cm³/mol. The fourth-order valence-corrected chi connectivity index (χ4v) is 1.42. The smallest absolute Gasteiger partial charge is 0.0991 e. The maximum Gasteiger partial charge on any atom is 0.0991 e.